The lowest BCUT2D eigenvalue weighted by molar-refractivity contribution is -0.00620. The topological polar surface area (TPSA) is 54.3 Å². The Morgan fingerprint density at radius 1 is 1.61 bits per heavy atom. The van der Waals surface area contributed by atoms with Crippen molar-refractivity contribution in [2.45, 2.75) is 12.0 Å². The maximum Gasteiger partial charge on any atom is 0.110 e. The van der Waals surface area contributed by atoms with E-state index in [1.165, 1.54) is 0 Å². The largest absolute Gasteiger partial charge is 0.381 e. The Hall–Kier alpha value is -1.09. The molecule has 0 aliphatic carbocycles. The van der Waals surface area contributed by atoms with Crippen molar-refractivity contribution in [3.05, 3.63) is 28.2 Å². The van der Waals surface area contributed by atoms with Gasteiger partial charge in [-0.25, -0.2) is 0 Å². The van der Waals surface area contributed by atoms with Crippen LogP contribution in [0.3, 0.4) is 0 Å². The zero-order valence-corrected chi connectivity index (χ0v) is 11.8. The molecule has 1 N–H and O–H groups in total. The van der Waals surface area contributed by atoms with Crippen LogP contribution in [0.4, 0.5) is 5.69 Å². The highest BCUT2D eigenvalue weighted by molar-refractivity contribution is 9.10. The van der Waals surface area contributed by atoms with Crippen molar-refractivity contribution in [3.8, 4) is 6.07 Å². The molecule has 1 saturated heterocycles. The summed E-state index contributed by atoms with van der Waals surface area (Å²) in [5.74, 6) is 0. The molecule has 1 aliphatic heterocycles. The fourth-order valence-electron chi connectivity index (χ4n) is 1.95. The number of halogens is 1. The summed E-state index contributed by atoms with van der Waals surface area (Å²) < 4.78 is 11.8. The van der Waals surface area contributed by atoms with Crippen molar-refractivity contribution in [2.24, 2.45) is 0 Å². The molecule has 1 heterocycles. The first-order valence-electron chi connectivity index (χ1n) is 5.75. The van der Waals surface area contributed by atoms with Gasteiger partial charge in [-0.05, 0) is 34.1 Å². The molecule has 1 aromatic carbocycles. The third-order valence-electron chi connectivity index (χ3n) is 3.20. The highest BCUT2D eigenvalue weighted by atomic mass is 79.9. The molecule has 0 amide bonds. The minimum atomic E-state index is -0.243. The van der Waals surface area contributed by atoms with Gasteiger partial charge in [0.1, 0.15) is 5.60 Å². The summed E-state index contributed by atoms with van der Waals surface area (Å²) in [6.45, 7) is 2.04. The van der Waals surface area contributed by atoms with E-state index in [1.807, 2.05) is 6.07 Å². The smallest absolute Gasteiger partial charge is 0.110 e. The molecule has 2 rings (SSSR count). The number of ether oxygens (including phenoxy) is 2. The summed E-state index contributed by atoms with van der Waals surface area (Å²) in [6, 6.07) is 7.59. The molecular weight excluding hydrogens is 296 g/mol. The number of nitrogens with one attached hydrogen (secondary N) is 1. The third-order valence-corrected chi connectivity index (χ3v) is 3.86. The Kier molecular flexibility index (Phi) is 4.23. The maximum absolute atomic E-state index is 8.81. The van der Waals surface area contributed by atoms with E-state index >= 15 is 0 Å². The Bertz CT molecular complexity index is 465. The normalized spacial score (nSPS) is 22.7. The molecule has 0 saturated carbocycles. The van der Waals surface area contributed by atoms with Crippen LogP contribution in [-0.2, 0) is 9.47 Å². The van der Waals surface area contributed by atoms with Gasteiger partial charge in [-0.1, -0.05) is 0 Å². The SMILES string of the molecule is COC1(CNc2ccc(C#N)cc2Br)CCOC1. The van der Waals surface area contributed by atoms with Crippen LogP contribution < -0.4 is 5.32 Å². The van der Waals surface area contributed by atoms with E-state index in [2.05, 4.69) is 27.3 Å². The van der Waals surface area contributed by atoms with Crippen molar-refractivity contribution >= 4 is 21.6 Å². The van der Waals surface area contributed by atoms with Crippen LogP contribution in [0.2, 0.25) is 0 Å². The molecular formula is C13H15BrN2O2. The summed E-state index contributed by atoms with van der Waals surface area (Å²) in [5, 5.41) is 12.1. The summed E-state index contributed by atoms with van der Waals surface area (Å²) in [4.78, 5) is 0. The molecule has 0 radical (unpaired) electrons. The molecule has 4 nitrogen and oxygen atoms in total. The van der Waals surface area contributed by atoms with Crippen molar-refractivity contribution < 1.29 is 9.47 Å². The molecule has 18 heavy (non-hydrogen) atoms. The van der Waals surface area contributed by atoms with Crippen LogP contribution in [0.25, 0.3) is 0 Å². The number of benzene rings is 1. The van der Waals surface area contributed by atoms with Gasteiger partial charge in [-0.3, -0.25) is 0 Å². The van der Waals surface area contributed by atoms with Crippen LogP contribution in [0.5, 0.6) is 0 Å². The second-order valence-electron chi connectivity index (χ2n) is 4.35. The molecule has 1 atom stereocenters. The van der Waals surface area contributed by atoms with Gasteiger partial charge in [0.05, 0.1) is 18.2 Å². The first-order valence-corrected chi connectivity index (χ1v) is 6.55. The van der Waals surface area contributed by atoms with Gasteiger partial charge in [-0.2, -0.15) is 5.26 Å². The molecule has 1 unspecified atom stereocenters. The highest BCUT2D eigenvalue weighted by Gasteiger charge is 2.34. The van der Waals surface area contributed by atoms with Crippen molar-refractivity contribution in [3.63, 3.8) is 0 Å². The van der Waals surface area contributed by atoms with Gasteiger partial charge in [0.2, 0.25) is 0 Å². The van der Waals surface area contributed by atoms with Crippen LogP contribution in [0.15, 0.2) is 22.7 Å². The fraction of sp³-hybridized carbons (Fsp3) is 0.462. The van der Waals surface area contributed by atoms with E-state index in [0.29, 0.717) is 18.7 Å². The first kappa shape index (κ1) is 13.3. The third kappa shape index (κ3) is 2.83. The second-order valence-corrected chi connectivity index (χ2v) is 5.20. The molecule has 1 aliphatic rings. The first-order chi connectivity index (χ1) is 8.69. The van der Waals surface area contributed by atoms with E-state index in [-0.39, 0.29) is 5.60 Å². The minimum Gasteiger partial charge on any atom is -0.381 e. The summed E-state index contributed by atoms with van der Waals surface area (Å²) in [5.41, 5.74) is 1.35. The van der Waals surface area contributed by atoms with Crippen molar-refractivity contribution in [1.29, 1.82) is 5.26 Å². The van der Waals surface area contributed by atoms with Crippen molar-refractivity contribution in [2.75, 3.05) is 32.2 Å². The Morgan fingerprint density at radius 2 is 2.44 bits per heavy atom. The zero-order valence-electron chi connectivity index (χ0n) is 10.2. The predicted molar refractivity (Wildman–Crippen MR) is 72.5 cm³/mol. The Labute approximate surface area is 115 Å². The summed E-state index contributed by atoms with van der Waals surface area (Å²) in [7, 11) is 1.71. The molecule has 0 bridgehead atoms. The molecule has 0 spiro atoms. The van der Waals surface area contributed by atoms with Gasteiger partial charge in [-0.15, -0.1) is 0 Å². The molecule has 0 aromatic heterocycles. The Morgan fingerprint density at radius 3 is 3.00 bits per heavy atom. The van der Waals surface area contributed by atoms with Crippen molar-refractivity contribution in [1.82, 2.24) is 0 Å². The number of hydrogen-bond donors (Lipinski definition) is 1. The predicted octanol–water partition coefficient (Wildman–Crippen LogP) is 2.54. The van der Waals surface area contributed by atoms with Crippen LogP contribution >= 0.6 is 15.9 Å². The minimum absolute atomic E-state index is 0.243. The van der Waals surface area contributed by atoms with Gasteiger partial charge in [0, 0.05) is 36.8 Å². The summed E-state index contributed by atoms with van der Waals surface area (Å²) >= 11 is 3.45. The average Bonchev–Trinajstić information content (AvgIpc) is 2.86. The molecule has 96 valence electrons. The highest BCUT2D eigenvalue weighted by Crippen LogP contribution is 2.27. The van der Waals surface area contributed by atoms with Gasteiger partial charge >= 0.3 is 0 Å². The van der Waals surface area contributed by atoms with E-state index < -0.39 is 0 Å². The lowest BCUT2D eigenvalue weighted by Crippen LogP contribution is -2.39. The number of hydrogen-bond acceptors (Lipinski definition) is 4. The second kappa shape index (κ2) is 5.70. The lowest BCUT2D eigenvalue weighted by atomic mass is 10.0. The molecule has 5 heteroatoms. The van der Waals surface area contributed by atoms with E-state index in [1.54, 1.807) is 19.2 Å². The monoisotopic (exact) mass is 310 g/mol. The standard InChI is InChI=1S/C13H15BrN2O2/c1-17-13(4-5-18-9-13)8-16-12-3-2-10(7-15)6-11(12)14/h2-3,6,16H,4-5,8-9H2,1H3. The van der Waals surface area contributed by atoms with Crippen LogP contribution in [0.1, 0.15) is 12.0 Å². The number of anilines is 1. The number of nitriles is 1. The lowest BCUT2D eigenvalue weighted by Gasteiger charge is -2.26. The van der Waals surface area contributed by atoms with Crippen LogP contribution in [0, 0.1) is 11.3 Å². The number of rotatable bonds is 4. The maximum atomic E-state index is 8.81. The summed E-state index contributed by atoms with van der Waals surface area (Å²) in [6.07, 6.45) is 0.893. The zero-order chi connectivity index (χ0) is 13.0. The number of methoxy groups -OCH3 is 1. The molecule has 1 aromatic rings. The Balaban J connectivity index is 2.04. The molecule has 1 fully saturated rings. The average molecular weight is 311 g/mol. The number of nitrogens with zero attached hydrogens (tertiary/aromatic N) is 1. The van der Waals surface area contributed by atoms with Crippen LogP contribution in [-0.4, -0.2) is 32.5 Å². The van der Waals surface area contributed by atoms with E-state index in [0.717, 1.165) is 23.2 Å². The van der Waals surface area contributed by atoms with Gasteiger partial charge in [0.25, 0.3) is 0 Å². The van der Waals surface area contributed by atoms with E-state index in [9.17, 15) is 0 Å². The van der Waals surface area contributed by atoms with Gasteiger partial charge in [0.15, 0.2) is 0 Å². The van der Waals surface area contributed by atoms with Gasteiger partial charge < -0.3 is 14.8 Å². The van der Waals surface area contributed by atoms with E-state index in [4.69, 9.17) is 14.7 Å². The quantitative estimate of drug-likeness (QED) is 0.928. The fourth-order valence-corrected chi connectivity index (χ4v) is 2.46.